The maximum absolute atomic E-state index is 5.72. The molecule has 0 fully saturated rings. The Kier molecular flexibility index (Phi) is 5.19. The van der Waals surface area contributed by atoms with E-state index in [-0.39, 0.29) is 0 Å². The van der Waals surface area contributed by atoms with Crippen LogP contribution in [-0.4, -0.2) is 13.2 Å². The minimum atomic E-state index is 0.781. The van der Waals surface area contributed by atoms with Gasteiger partial charge in [-0.15, -0.1) is 0 Å². The molecule has 0 spiro atoms. The molecule has 1 aromatic carbocycles. The molecule has 2 N–H and O–H groups in total. The second-order valence-corrected chi connectivity index (χ2v) is 3.90. The first kappa shape index (κ1) is 12.1. The van der Waals surface area contributed by atoms with Gasteiger partial charge in [-0.1, -0.05) is 12.1 Å². The van der Waals surface area contributed by atoms with Gasteiger partial charge >= 0.3 is 0 Å². The van der Waals surface area contributed by atoms with E-state index in [0.717, 1.165) is 38.2 Å². The molecule has 0 saturated carbocycles. The largest absolute Gasteiger partial charge is 0.493 e. The van der Waals surface area contributed by atoms with Crippen LogP contribution in [0.3, 0.4) is 0 Å². The van der Waals surface area contributed by atoms with Crippen molar-refractivity contribution in [3.63, 3.8) is 0 Å². The molecule has 0 aromatic heterocycles. The summed E-state index contributed by atoms with van der Waals surface area (Å²) in [4.78, 5) is 0. The van der Waals surface area contributed by atoms with Crippen molar-refractivity contribution >= 4 is 0 Å². The Labute approximate surface area is 92.4 Å². The van der Waals surface area contributed by atoms with Crippen molar-refractivity contribution in [2.45, 2.75) is 33.1 Å². The minimum Gasteiger partial charge on any atom is -0.493 e. The van der Waals surface area contributed by atoms with E-state index >= 15 is 0 Å². The molecular formula is C13H21NO. The van der Waals surface area contributed by atoms with Crippen molar-refractivity contribution in [1.82, 2.24) is 0 Å². The lowest BCUT2D eigenvalue weighted by Gasteiger charge is -2.10. The van der Waals surface area contributed by atoms with Gasteiger partial charge in [0.25, 0.3) is 0 Å². The monoisotopic (exact) mass is 207 g/mol. The topological polar surface area (TPSA) is 35.2 Å². The van der Waals surface area contributed by atoms with E-state index in [1.54, 1.807) is 0 Å². The highest BCUT2D eigenvalue weighted by molar-refractivity contribution is 5.38. The van der Waals surface area contributed by atoms with Gasteiger partial charge in [-0.25, -0.2) is 0 Å². The second kappa shape index (κ2) is 6.46. The fourth-order valence-electron chi connectivity index (χ4n) is 1.49. The van der Waals surface area contributed by atoms with Crippen molar-refractivity contribution in [3.8, 4) is 5.75 Å². The Balaban J connectivity index is 2.34. The minimum absolute atomic E-state index is 0.781. The zero-order chi connectivity index (χ0) is 11.1. The second-order valence-electron chi connectivity index (χ2n) is 3.90. The molecule has 15 heavy (non-hydrogen) atoms. The third kappa shape index (κ3) is 3.92. The lowest BCUT2D eigenvalue weighted by atomic mass is 10.1. The summed E-state index contributed by atoms with van der Waals surface area (Å²) < 4.78 is 5.72. The predicted molar refractivity (Wildman–Crippen MR) is 64.3 cm³/mol. The van der Waals surface area contributed by atoms with Gasteiger partial charge in [0.15, 0.2) is 0 Å². The molecule has 84 valence electrons. The molecule has 0 aliphatic carbocycles. The van der Waals surface area contributed by atoms with Gasteiger partial charge in [0.05, 0.1) is 6.61 Å². The molecule has 0 saturated heterocycles. The summed E-state index contributed by atoms with van der Waals surface area (Å²) in [5, 5.41) is 0. The SMILES string of the molecule is Cc1cccc(OCCCCCN)c1C. The molecule has 1 rings (SSSR count). The summed E-state index contributed by atoms with van der Waals surface area (Å²) in [6.07, 6.45) is 3.34. The number of aryl methyl sites for hydroxylation is 1. The Morgan fingerprint density at radius 2 is 1.93 bits per heavy atom. The molecule has 1 aromatic rings. The van der Waals surface area contributed by atoms with Gasteiger partial charge in [0.1, 0.15) is 5.75 Å². The van der Waals surface area contributed by atoms with Gasteiger partial charge in [-0.3, -0.25) is 0 Å². The van der Waals surface area contributed by atoms with E-state index in [1.807, 2.05) is 12.1 Å². The van der Waals surface area contributed by atoms with Crippen molar-refractivity contribution in [2.75, 3.05) is 13.2 Å². The summed E-state index contributed by atoms with van der Waals surface area (Å²) in [5.74, 6) is 1.02. The zero-order valence-electron chi connectivity index (χ0n) is 9.75. The molecule has 0 aliphatic rings. The van der Waals surface area contributed by atoms with Crippen molar-refractivity contribution in [2.24, 2.45) is 5.73 Å². The maximum atomic E-state index is 5.72. The van der Waals surface area contributed by atoms with E-state index in [1.165, 1.54) is 11.1 Å². The number of rotatable bonds is 6. The lowest BCUT2D eigenvalue weighted by Crippen LogP contribution is -2.02. The zero-order valence-corrected chi connectivity index (χ0v) is 9.75. The van der Waals surface area contributed by atoms with Crippen LogP contribution in [0.15, 0.2) is 18.2 Å². The standard InChI is InChI=1S/C13H21NO/c1-11-7-6-8-13(12(11)2)15-10-5-3-4-9-14/h6-8H,3-5,9-10,14H2,1-2H3. The van der Waals surface area contributed by atoms with Gasteiger partial charge in [-0.2, -0.15) is 0 Å². The highest BCUT2D eigenvalue weighted by Gasteiger charge is 2.00. The lowest BCUT2D eigenvalue weighted by molar-refractivity contribution is 0.303. The molecule has 2 heteroatoms. The van der Waals surface area contributed by atoms with Crippen LogP contribution in [0.4, 0.5) is 0 Å². The van der Waals surface area contributed by atoms with Crippen LogP contribution >= 0.6 is 0 Å². The van der Waals surface area contributed by atoms with Crippen LogP contribution in [0.5, 0.6) is 5.75 Å². The molecule has 2 nitrogen and oxygen atoms in total. The summed E-state index contributed by atoms with van der Waals surface area (Å²) >= 11 is 0. The fraction of sp³-hybridized carbons (Fsp3) is 0.538. The Morgan fingerprint density at radius 3 is 2.67 bits per heavy atom. The number of nitrogens with two attached hydrogens (primary N) is 1. The molecule has 0 aliphatic heterocycles. The van der Waals surface area contributed by atoms with Gasteiger partial charge in [0, 0.05) is 0 Å². The summed E-state index contributed by atoms with van der Waals surface area (Å²) in [6, 6.07) is 6.18. The first-order chi connectivity index (χ1) is 7.25. The summed E-state index contributed by atoms with van der Waals surface area (Å²) in [7, 11) is 0. The first-order valence-electron chi connectivity index (χ1n) is 5.65. The summed E-state index contributed by atoms with van der Waals surface area (Å²) in [6.45, 7) is 5.79. The average molecular weight is 207 g/mol. The predicted octanol–water partition coefficient (Wildman–Crippen LogP) is 2.81. The quantitative estimate of drug-likeness (QED) is 0.728. The number of unbranched alkanes of at least 4 members (excludes halogenated alkanes) is 2. The van der Waals surface area contributed by atoms with E-state index < -0.39 is 0 Å². The maximum Gasteiger partial charge on any atom is 0.122 e. The van der Waals surface area contributed by atoms with Crippen LogP contribution in [0.25, 0.3) is 0 Å². The Bertz CT molecular complexity index is 297. The molecule has 0 atom stereocenters. The van der Waals surface area contributed by atoms with Crippen molar-refractivity contribution < 1.29 is 4.74 Å². The molecule has 0 radical (unpaired) electrons. The third-order valence-corrected chi connectivity index (χ3v) is 2.66. The normalized spacial score (nSPS) is 10.3. The number of benzene rings is 1. The Hall–Kier alpha value is -1.02. The van der Waals surface area contributed by atoms with E-state index in [9.17, 15) is 0 Å². The van der Waals surface area contributed by atoms with Crippen LogP contribution < -0.4 is 10.5 Å². The molecule has 0 unspecified atom stereocenters. The first-order valence-corrected chi connectivity index (χ1v) is 5.65. The molecule has 0 heterocycles. The number of hydrogen-bond donors (Lipinski definition) is 1. The van der Waals surface area contributed by atoms with Gasteiger partial charge in [0.2, 0.25) is 0 Å². The van der Waals surface area contributed by atoms with Crippen LogP contribution in [0.2, 0.25) is 0 Å². The molecule has 0 amide bonds. The number of hydrogen-bond acceptors (Lipinski definition) is 2. The van der Waals surface area contributed by atoms with Crippen molar-refractivity contribution in [3.05, 3.63) is 29.3 Å². The highest BCUT2D eigenvalue weighted by Crippen LogP contribution is 2.20. The smallest absolute Gasteiger partial charge is 0.122 e. The Morgan fingerprint density at radius 1 is 1.13 bits per heavy atom. The van der Waals surface area contributed by atoms with E-state index in [4.69, 9.17) is 10.5 Å². The third-order valence-electron chi connectivity index (χ3n) is 2.66. The highest BCUT2D eigenvalue weighted by atomic mass is 16.5. The van der Waals surface area contributed by atoms with Crippen LogP contribution in [-0.2, 0) is 0 Å². The average Bonchev–Trinajstić information content (AvgIpc) is 2.24. The van der Waals surface area contributed by atoms with Crippen LogP contribution in [0.1, 0.15) is 30.4 Å². The number of ether oxygens (including phenoxy) is 1. The summed E-state index contributed by atoms with van der Waals surface area (Å²) in [5.41, 5.74) is 7.96. The van der Waals surface area contributed by atoms with Gasteiger partial charge in [-0.05, 0) is 56.8 Å². The van der Waals surface area contributed by atoms with E-state index in [2.05, 4.69) is 19.9 Å². The van der Waals surface area contributed by atoms with E-state index in [0.29, 0.717) is 0 Å². The molecular weight excluding hydrogens is 186 g/mol. The van der Waals surface area contributed by atoms with Gasteiger partial charge < -0.3 is 10.5 Å². The van der Waals surface area contributed by atoms with Crippen molar-refractivity contribution in [1.29, 1.82) is 0 Å². The fourth-order valence-corrected chi connectivity index (χ4v) is 1.49. The van der Waals surface area contributed by atoms with Crippen LogP contribution in [0, 0.1) is 13.8 Å². The molecule has 0 bridgehead atoms.